The Morgan fingerprint density at radius 1 is 1.47 bits per heavy atom. The highest BCUT2D eigenvalue weighted by molar-refractivity contribution is 5.30. The molecule has 0 aliphatic heterocycles. The Bertz CT molecular complexity index is 415. The Morgan fingerprint density at radius 3 is 2.63 bits per heavy atom. The molecule has 1 aromatic rings. The lowest BCUT2D eigenvalue weighted by molar-refractivity contribution is 0.0139. The van der Waals surface area contributed by atoms with Crippen LogP contribution in [0, 0.1) is 0 Å². The summed E-state index contributed by atoms with van der Waals surface area (Å²) < 4.78 is 2.12. The number of aliphatic hydroxyl groups is 1. The van der Waals surface area contributed by atoms with E-state index in [2.05, 4.69) is 14.9 Å². The predicted octanol–water partition coefficient (Wildman–Crippen LogP) is 1.27. The molecule has 5 nitrogen and oxygen atoms in total. The quantitative estimate of drug-likeness (QED) is 0.862. The minimum atomic E-state index is -0.456. The van der Waals surface area contributed by atoms with Crippen LogP contribution in [0.15, 0.2) is 6.20 Å². The number of imidazole rings is 1. The molecule has 1 aliphatic rings. The van der Waals surface area contributed by atoms with Gasteiger partial charge in [-0.2, -0.15) is 0 Å². The standard InChI is InChI=1S/C14H26N4O/c1-14(19)7-5-11(6-8-14)15-9-12-10-16-13(17(2)3)18(12)4/h10-11,15,19H,5-9H2,1-4H3. The second kappa shape index (κ2) is 5.51. The van der Waals surface area contributed by atoms with E-state index in [0.717, 1.165) is 38.2 Å². The van der Waals surface area contributed by atoms with Gasteiger partial charge in [-0.1, -0.05) is 0 Å². The first-order valence-electron chi connectivity index (χ1n) is 7.03. The minimum Gasteiger partial charge on any atom is -0.390 e. The van der Waals surface area contributed by atoms with Crippen molar-refractivity contribution in [3.8, 4) is 0 Å². The van der Waals surface area contributed by atoms with Crippen molar-refractivity contribution < 1.29 is 5.11 Å². The molecule has 5 heteroatoms. The van der Waals surface area contributed by atoms with Gasteiger partial charge in [0.1, 0.15) is 0 Å². The molecule has 0 unspecified atom stereocenters. The van der Waals surface area contributed by atoms with Gasteiger partial charge in [0.25, 0.3) is 0 Å². The molecule has 108 valence electrons. The molecule has 1 fully saturated rings. The summed E-state index contributed by atoms with van der Waals surface area (Å²) >= 11 is 0. The van der Waals surface area contributed by atoms with Crippen molar-refractivity contribution in [1.82, 2.24) is 14.9 Å². The zero-order valence-electron chi connectivity index (χ0n) is 12.5. The molecule has 0 spiro atoms. The van der Waals surface area contributed by atoms with E-state index in [1.807, 2.05) is 39.2 Å². The SMILES string of the molecule is CN(C)c1ncc(CNC2CCC(C)(O)CC2)n1C. The van der Waals surface area contributed by atoms with E-state index in [-0.39, 0.29) is 0 Å². The van der Waals surface area contributed by atoms with Gasteiger partial charge in [0.15, 0.2) is 0 Å². The summed E-state index contributed by atoms with van der Waals surface area (Å²) in [7, 11) is 6.05. The largest absolute Gasteiger partial charge is 0.390 e. The van der Waals surface area contributed by atoms with Gasteiger partial charge in [-0.05, 0) is 32.6 Å². The van der Waals surface area contributed by atoms with Crippen LogP contribution in [0.1, 0.15) is 38.3 Å². The van der Waals surface area contributed by atoms with E-state index in [9.17, 15) is 5.11 Å². The Kier molecular flexibility index (Phi) is 4.16. The van der Waals surface area contributed by atoms with E-state index in [0.29, 0.717) is 6.04 Å². The highest BCUT2D eigenvalue weighted by Crippen LogP contribution is 2.27. The second-order valence-corrected chi connectivity index (χ2v) is 6.16. The van der Waals surface area contributed by atoms with Crippen LogP contribution < -0.4 is 10.2 Å². The number of hydrogen-bond donors (Lipinski definition) is 2. The molecule has 0 amide bonds. The fraction of sp³-hybridized carbons (Fsp3) is 0.786. The maximum atomic E-state index is 9.94. The summed E-state index contributed by atoms with van der Waals surface area (Å²) in [5.41, 5.74) is 0.740. The molecule has 0 aromatic carbocycles. The van der Waals surface area contributed by atoms with Gasteiger partial charge in [0, 0.05) is 33.7 Å². The molecule has 0 saturated heterocycles. The van der Waals surface area contributed by atoms with Crippen molar-refractivity contribution in [3.63, 3.8) is 0 Å². The molecule has 0 bridgehead atoms. The predicted molar refractivity (Wildman–Crippen MR) is 77.3 cm³/mol. The van der Waals surface area contributed by atoms with Gasteiger partial charge in [-0.3, -0.25) is 0 Å². The van der Waals surface area contributed by atoms with E-state index in [1.54, 1.807) is 0 Å². The molecular formula is C14H26N4O. The zero-order valence-corrected chi connectivity index (χ0v) is 12.5. The van der Waals surface area contributed by atoms with Crippen molar-refractivity contribution in [2.75, 3.05) is 19.0 Å². The summed E-state index contributed by atoms with van der Waals surface area (Å²) in [5.74, 6) is 0.975. The number of rotatable bonds is 4. The third-order valence-corrected chi connectivity index (χ3v) is 4.09. The van der Waals surface area contributed by atoms with Crippen LogP contribution >= 0.6 is 0 Å². The van der Waals surface area contributed by atoms with Crippen molar-refractivity contribution in [2.45, 2.75) is 50.8 Å². The van der Waals surface area contributed by atoms with Crippen molar-refractivity contribution in [1.29, 1.82) is 0 Å². The van der Waals surface area contributed by atoms with E-state index < -0.39 is 5.60 Å². The second-order valence-electron chi connectivity index (χ2n) is 6.16. The maximum absolute atomic E-state index is 9.94. The Labute approximate surface area is 115 Å². The number of nitrogens with one attached hydrogen (secondary N) is 1. The van der Waals surface area contributed by atoms with Gasteiger partial charge in [-0.25, -0.2) is 4.98 Å². The molecule has 19 heavy (non-hydrogen) atoms. The van der Waals surface area contributed by atoms with Crippen molar-refractivity contribution >= 4 is 5.95 Å². The molecule has 1 saturated carbocycles. The molecule has 1 aromatic heterocycles. The number of hydrogen-bond acceptors (Lipinski definition) is 4. The number of nitrogens with zero attached hydrogens (tertiary/aromatic N) is 3. The van der Waals surface area contributed by atoms with Gasteiger partial charge in [0.2, 0.25) is 5.95 Å². The van der Waals surface area contributed by atoms with Crippen LogP contribution in [0.5, 0.6) is 0 Å². The van der Waals surface area contributed by atoms with Gasteiger partial charge in [-0.15, -0.1) is 0 Å². The number of anilines is 1. The Morgan fingerprint density at radius 2 is 2.11 bits per heavy atom. The normalized spacial score (nSPS) is 27.5. The highest BCUT2D eigenvalue weighted by Gasteiger charge is 2.28. The van der Waals surface area contributed by atoms with Gasteiger partial charge >= 0.3 is 0 Å². The molecule has 0 atom stereocenters. The number of aromatic nitrogens is 2. The molecule has 2 rings (SSSR count). The van der Waals surface area contributed by atoms with Gasteiger partial charge < -0.3 is 19.9 Å². The zero-order chi connectivity index (χ0) is 14.0. The molecule has 0 radical (unpaired) electrons. The van der Waals surface area contributed by atoms with Crippen molar-refractivity contribution in [3.05, 3.63) is 11.9 Å². The molecule has 1 heterocycles. The van der Waals surface area contributed by atoms with Crippen LogP contribution in [0.2, 0.25) is 0 Å². The summed E-state index contributed by atoms with van der Waals surface area (Å²) in [6.07, 6.45) is 5.80. The Balaban J connectivity index is 1.86. The van der Waals surface area contributed by atoms with Crippen molar-refractivity contribution in [2.24, 2.45) is 7.05 Å². The first kappa shape index (κ1) is 14.3. The van der Waals surface area contributed by atoms with E-state index >= 15 is 0 Å². The molecule has 1 aliphatic carbocycles. The van der Waals surface area contributed by atoms with Crippen LogP contribution in [0.4, 0.5) is 5.95 Å². The lowest BCUT2D eigenvalue weighted by Crippen LogP contribution is -2.39. The lowest BCUT2D eigenvalue weighted by Gasteiger charge is -2.33. The van der Waals surface area contributed by atoms with E-state index in [1.165, 1.54) is 5.69 Å². The topological polar surface area (TPSA) is 53.3 Å². The van der Waals surface area contributed by atoms with Crippen LogP contribution in [0.3, 0.4) is 0 Å². The minimum absolute atomic E-state index is 0.456. The van der Waals surface area contributed by atoms with Gasteiger partial charge in [0.05, 0.1) is 17.5 Å². The first-order chi connectivity index (χ1) is 8.89. The van der Waals surface area contributed by atoms with E-state index in [4.69, 9.17) is 0 Å². The van der Waals surface area contributed by atoms with Crippen LogP contribution in [-0.4, -0.2) is 40.4 Å². The third-order valence-electron chi connectivity index (χ3n) is 4.09. The Hall–Kier alpha value is -1.07. The monoisotopic (exact) mass is 266 g/mol. The molecular weight excluding hydrogens is 240 g/mol. The first-order valence-corrected chi connectivity index (χ1v) is 7.03. The summed E-state index contributed by atoms with van der Waals surface area (Å²) in [5, 5.41) is 13.5. The maximum Gasteiger partial charge on any atom is 0.204 e. The summed E-state index contributed by atoms with van der Waals surface area (Å²) in [6, 6.07) is 0.512. The molecule has 2 N–H and O–H groups in total. The summed E-state index contributed by atoms with van der Waals surface area (Å²) in [4.78, 5) is 6.43. The van der Waals surface area contributed by atoms with Crippen LogP contribution in [0.25, 0.3) is 0 Å². The highest BCUT2D eigenvalue weighted by atomic mass is 16.3. The third kappa shape index (κ3) is 3.48. The average Bonchev–Trinajstić information content (AvgIpc) is 2.69. The average molecular weight is 266 g/mol. The smallest absolute Gasteiger partial charge is 0.204 e. The fourth-order valence-electron chi connectivity index (χ4n) is 2.71. The summed E-state index contributed by atoms with van der Waals surface area (Å²) in [6.45, 7) is 2.78. The van der Waals surface area contributed by atoms with Crippen LogP contribution in [-0.2, 0) is 13.6 Å². The lowest BCUT2D eigenvalue weighted by atomic mass is 9.84. The fourth-order valence-corrected chi connectivity index (χ4v) is 2.71.